The molecule has 2 aromatic carbocycles. The van der Waals surface area contributed by atoms with Gasteiger partial charge in [-0.25, -0.2) is 13.2 Å². The van der Waals surface area contributed by atoms with Crippen molar-refractivity contribution >= 4 is 11.8 Å². The molecular weight excluding hydrogens is 445 g/mol. The van der Waals surface area contributed by atoms with Gasteiger partial charge in [0.05, 0.1) is 12.2 Å². The first-order valence-corrected chi connectivity index (χ1v) is 11.8. The molecule has 182 valence electrons. The number of nitrogens with zero attached hydrogens (tertiary/aromatic N) is 2. The number of piperidine rings is 2. The molecule has 0 bridgehead atoms. The summed E-state index contributed by atoms with van der Waals surface area (Å²) in [5.74, 6) is -2.08. The molecule has 1 atom stereocenters. The Labute approximate surface area is 197 Å². The maximum Gasteiger partial charge on any atom is 0.256 e. The predicted octanol–water partition coefficient (Wildman–Crippen LogP) is 4.81. The Kier molecular flexibility index (Phi) is 7.44. The van der Waals surface area contributed by atoms with Crippen molar-refractivity contribution < 1.29 is 27.5 Å². The second-order valence-electron chi connectivity index (χ2n) is 9.32. The molecular formula is C26H29F3N2O3. The van der Waals surface area contributed by atoms with Crippen molar-refractivity contribution in [3.63, 3.8) is 0 Å². The van der Waals surface area contributed by atoms with Gasteiger partial charge in [-0.2, -0.15) is 0 Å². The van der Waals surface area contributed by atoms with E-state index in [1.165, 1.54) is 29.2 Å². The van der Waals surface area contributed by atoms with Crippen LogP contribution in [0.25, 0.3) is 0 Å². The van der Waals surface area contributed by atoms with Crippen LogP contribution < -0.4 is 4.74 Å². The number of amides is 2. The average Bonchev–Trinajstić information content (AvgIpc) is 2.84. The van der Waals surface area contributed by atoms with Gasteiger partial charge in [-0.3, -0.25) is 9.59 Å². The highest BCUT2D eigenvalue weighted by atomic mass is 19.1. The van der Waals surface area contributed by atoms with Crippen LogP contribution in [0, 0.1) is 22.9 Å². The van der Waals surface area contributed by atoms with E-state index in [-0.39, 0.29) is 36.9 Å². The van der Waals surface area contributed by atoms with Gasteiger partial charge in [-0.05, 0) is 68.5 Å². The lowest BCUT2D eigenvalue weighted by atomic mass is 9.77. The number of hydrogen-bond donors (Lipinski definition) is 0. The van der Waals surface area contributed by atoms with Crippen LogP contribution >= 0.6 is 0 Å². The van der Waals surface area contributed by atoms with Gasteiger partial charge < -0.3 is 14.5 Å². The van der Waals surface area contributed by atoms with Crippen molar-refractivity contribution in [1.82, 2.24) is 9.80 Å². The van der Waals surface area contributed by atoms with Crippen LogP contribution in [-0.2, 0) is 4.79 Å². The highest BCUT2D eigenvalue weighted by Gasteiger charge is 2.41. The lowest BCUT2D eigenvalue weighted by Gasteiger charge is -2.43. The van der Waals surface area contributed by atoms with Crippen molar-refractivity contribution in [2.24, 2.45) is 5.41 Å². The van der Waals surface area contributed by atoms with Gasteiger partial charge in [0.2, 0.25) is 5.91 Å². The second-order valence-corrected chi connectivity index (χ2v) is 9.32. The third-order valence-electron chi connectivity index (χ3n) is 6.70. The topological polar surface area (TPSA) is 49.9 Å². The van der Waals surface area contributed by atoms with Gasteiger partial charge in [-0.15, -0.1) is 0 Å². The number of carbonyl (C=O) groups is 2. The molecule has 0 radical (unpaired) electrons. The molecule has 5 nitrogen and oxygen atoms in total. The van der Waals surface area contributed by atoms with Crippen molar-refractivity contribution in [2.75, 3.05) is 32.8 Å². The minimum atomic E-state index is -0.909. The van der Waals surface area contributed by atoms with Crippen LogP contribution in [0.1, 0.15) is 48.9 Å². The summed E-state index contributed by atoms with van der Waals surface area (Å²) in [7, 11) is 0. The minimum absolute atomic E-state index is 0.0182. The molecule has 0 aromatic heterocycles. The van der Waals surface area contributed by atoms with Crippen LogP contribution in [0.2, 0.25) is 0 Å². The number of carbonyl (C=O) groups excluding carboxylic acids is 2. The van der Waals surface area contributed by atoms with E-state index in [1.807, 2.05) is 4.90 Å². The van der Waals surface area contributed by atoms with E-state index >= 15 is 0 Å². The molecule has 0 saturated carbocycles. The predicted molar refractivity (Wildman–Crippen MR) is 121 cm³/mol. The van der Waals surface area contributed by atoms with Gasteiger partial charge in [-0.1, -0.05) is 0 Å². The Morgan fingerprint density at radius 1 is 0.853 bits per heavy atom. The Morgan fingerprint density at radius 2 is 1.53 bits per heavy atom. The van der Waals surface area contributed by atoms with E-state index in [0.717, 1.165) is 44.5 Å². The Hall–Kier alpha value is -3.03. The summed E-state index contributed by atoms with van der Waals surface area (Å²) in [6.45, 7) is 2.22. The van der Waals surface area contributed by atoms with Crippen molar-refractivity contribution in [3.8, 4) is 5.75 Å². The third-order valence-corrected chi connectivity index (χ3v) is 6.70. The van der Waals surface area contributed by atoms with Crippen LogP contribution in [-0.4, -0.2) is 54.4 Å². The van der Waals surface area contributed by atoms with Gasteiger partial charge in [0, 0.05) is 44.1 Å². The fourth-order valence-corrected chi connectivity index (χ4v) is 4.87. The van der Waals surface area contributed by atoms with E-state index in [9.17, 15) is 22.8 Å². The maximum atomic E-state index is 14.3. The molecule has 2 saturated heterocycles. The van der Waals surface area contributed by atoms with E-state index in [4.69, 9.17) is 4.74 Å². The van der Waals surface area contributed by atoms with E-state index in [2.05, 4.69) is 0 Å². The molecule has 2 heterocycles. The molecule has 2 fully saturated rings. The summed E-state index contributed by atoms with van der Waals surface area (Å²) < 4.78 is 46.9. The average molecular weight is 475 g/mol. The normalized spacial score (nSPS) is 20.8. The molecule has 4 rings (SSSR count). The maximum absolute atomic E-state index is 14.3. The van der Waals surface area contributed by atoms with E-state index in [0.29, 0.717) is 31.2 Å². The fraction of sp³-hybridized carbons (Fsp3) is 0.462. The molecule has 34 heavy (non-hydrogen) atoms. The van der Waals surface area contributed by atoms with Crippen molar-refractivity contribution in [1.29, 1.82) is 0 Å². The van der Waals surface area contributed by atoms with Crippen molar-refractivity contribution in [3.05, 3.63) is 65.5 Å². The van der Waals surface area contributed by atoms with Crippen LogP contribution in [0.5, 0.6) is 5.75 Å². The van der Waals surface area contributed by atoms with Gasteiger partial charge >= 0.3 is 0 Å². The largest absolute Gasteiger partial charge is 0.493 e. The fourth-order valence-electron chi connectivity index (χ4n) is 4.87. The Balaban J connectivity index is 1.54. The summed E-state index contributed by atoms with van der Waals surface area (Å²) in [5, 5.41) is 0. The third kappa shape index (κ3) is 5.72. The zero-order valence-electron chi connectivity index (χ0n) is 19.1. The second kappa shape index (κ2) is 10.5. The monoisotopic (exact) mass is 474 g/mol. The lowest BCUT2D eigenvalue weighted by Crippen LogP contribution is -2.51. The van der Waals surface area contributed by atoms with Crippen LogP contribution in [0.4, 0.5) is 13.2 Å². The number of benzene rings is 2. The standard InChI is InChI=1S/C26H29F3N2O3/c27-19-5-8-21(9-6-19)34-18-26(16-24(32)30-12-2-1-3-13-30)11-4-14-31(17-26)25(33)22-10-7-20(28)15-23(22)29/h5-10,15H,1-4,11-14,16-18H2/t26-/m0/s1. The van der Waals surface area contributed by atoms with E-state index in [1.54, 1.807) is 0 Å². The molecule has 2 aromatic rings. The molecule has 2 aliphatic rings. The molecule has 8 heteroatoms. The summed E-state index contributed by atoms with van der Waals surface area (Å²) in [5.41, 5.74) is -0.869. The Bertz CT molecular complexity index is 1020. The number of rotatable bonds is 6. The SMILES string of the molecule is O=C(C[C@@]1(COc2ccc(F)cc2)CCCN(C(=O)c2ccc(F)cc2F)C1)N1CCCCC1. The van der Waals surface area contributed by atoms with Crippen molar-refractivity contribution in [2.45, 2.75) is 38.5 Å². The van der Waals surface area contributed by atoms with Gasteiger partial charge in [0.25, 0.3) is 5.91 Å². The lowest BCUT2D eigenvalue weighted by molar-refractivity contribution is -0.136. The smallest absolute Gasteiger partial charge is 0.256 e. The zero-order chi connectivity index (χ0) is 24.1. The first-order chi connectivity index (χ1) is 16.3. The summed E-state index contributed by atoms with van der Waals surface area (Å²) in [6, 6.07) is 8.55. The first-order valence-electron chi connectivity index (χ1n) is 11.8. The van der Waals surface area contributed by atoms with Crippen LogP contribution in [0.15, 0.2) is 42.5 Å². The summed E-state index contributed by atoms with van der Waals surface area (Å²) in [6.07, 6.45) is 4.52. The molecule has 0 N–H and O–H groups in total. The minimum Gasteiger partial charge on any atom is -0.493 e. The molecule has 2 amide bonds. The van der Waals surface area contributed by atoms with Gasteiger partial charge in [0.1, 0.15) is 23.2 Å². The first kappa shape index (κ1) is 24.1. The van der Waals surface area contributed by atoms with Gasteiger partial charge in [0.15, 0.2) is 0 Å². The zero-order valence-corrected chi connectivity index (χ0v) is 19.1. The number of ether oxygens (including phenoxy) is 1. The molecule has 0 unspecified atom stereocenters. The highest BCUT2D eigenvalue weighted by Crippen LogP contribution is 2.36. The number of hydrogen-bond acceptors (Lipinski definition) is 3. The summed E-state index contributed by atoms with van der Waals surface area (Å²) in [4.78, 5) is 29.7. The van der Waals surface area contributed by atoms with Crippen LogP contribution in [0.3, 0.4) is 0 Å². The molecule has 0 aliphatic carbocycles. The summed E-state index contributed by atoms with van der Waals surface area (Å²) >= 11 is 0. The number of halogens is 3. The molecule has 0 spiro atoms. The quantitative estimate of drug-likeness (QED) is 0.604. The highest BCUT2D eigenvalue weighted by molar-refractivity contribution is 5.94. The number of likely N-dealkylation sites (tertiary alicyclic amines) is 2. The Morgan fingerprint density at radius 3 is 2.24 bits per heavy atom. The molecule has 2 aliphatic heterocycles. The van der Waals surface area contributed by atoms with E-state index < -0.39 is 23.0 Å².